The van der Waals surface area contributed by atoms with Crippen molar-refractivity contribution in [1.29, 1.82) is 0 Å². The van der Waals surface area contributed by atoms with Crippen molar-refractivity contribution in [3.63, 3.8) is 0 Å². The van der Waals surface area contributed by atoms with Crippen molar-refractivity contribution in [3.8, 4) is 0 Å². The molecule has 0 aliphatic heterocycles. The highest BCUT2D eigenvalue weighted by Crippen LogP contribution is 2.22. The van der Waals surface area contributed by atoms with Crippen molar-refractivity contribution < 1.29 is 4.79 Å². The van der Waals surface area contributed by atoms with E-state index in [4.69, 9.17) is 0 Å². The number of carbonyl (C=O) groups excluding carboxylic acids is 1. The monoisotopic (exact) mass is 275 g/mol. The number of amides is 1. The summed E-state index contributed by atoms with van der Waals surface area (Å²) in [6, 6.07) is 8.92. The SMILES string of the molecule is CCC[C@@H](C)NC(=O)CCc1ccc(C(C)(C)C)cc1. The van der Waals surface area contributed by atoms with Gasteiger partial charge in [-0.3, -0.25) is 4.79 Å². The summed E-state index contributed by atoms with van der Waals surface area (Å²) in [7, 11) is 0. The molecule has 0 bridgehead atoms. The molecule has 2 heteroatoms. The molecule has 20 heavy (non-hydrogen) atoms. The van der Waals surface area contributed by atoms with Crippen LogP contribution < -0.4 is 5.32 Å². The molecule has 1 N–H and O–H groups in total. The van der Waals surface area contributed by atoms with E-state index < -0.39 is 0 Å². The first-order valence-electron chi connectivity index (χ1n) is 7.71. The van der Waals surface area contributed by atoms with Crippen LogP contribution in [-0.4, -0.2) is 11.9 Å². The Labute approximate surface area is 124 Å². The molecule has 2 nitrogen and oxygen atoms in total. The van der Waals surface area contributed by atoms with Crippen molar-refractivity contribution in [2.75, 3.05) is 0 Å². The molecule has 0 saturated carbocycles. The molecule has 0 saturated heterocycles. The van der Waals surface area contributed by atoms with E-state index in [-0.39, 0.29) is 17.4 Å². The Balaban J connectivity index is 2.44. The Kier molecular flexibility index (Phi) is 6.25. The van der Waals surface area contributed by atoms with Crippen molar-refractivity contribution >= 4 is 5.91 Å². The Morgan fingerprint density at radius 1 is 1.20 bits per heavy atom. The molecule has 0 heterocycles. The number of hydrogen-bond acceptors (Lipinski definition) is 1. The molecular weight excluding hydrogens is 246 g/mol. The van der Waals surface area contributed by atoms with Gasteiger partial charge in [-0.05, 0) is 36.3 Å². The third-order valence-corrected chi connectivity index (χ3v) is 3.59. The highest BCUT2D eigenvalue weighted by atomic mass is 16.1. The minimum absolute atomic E-state index is 0.158. The van der Waals surface area contributed by atoms with Gasteiger partial charge >= 0.3 is 0 Å². The van der Waals surface area contributed by atoms with E-state index in [0.29, 0.717) is 6.42 Å². The molecular formula is C18H29NO. The zero-order valence-corrected chi connectivity index (χ0v) is 13.6. The largest absolute Gasteiger partial charge is 0.354 e. The number of benzene rings is 1. The fraction of sp³-hybridized carbons (Fsp3) is 0.611. The van der Waals surface area contributed by atoms with Gasteiger partial charge in [0.2, 0.25) is 5.91 Å². The van der Waals surface area contributed by atoms with Crippen LogP contribution in [0.3, 0.4) is 0 Å². The van der Waals surface area contributed by atoms with Gasteiger partial charge in [0.1, 0.15) is 0 Å². The number of hydrogen-bond donors (Lipinski definition) is 1. The lowest BCUT2D eigenvalue weighted by Gasteiger charge is -2.19. The van der Waals surface area contributed by atoms with Crippen LogP contribution in [0.1, 0.15) is 65.0 Å². The normalized spacial score (nSPS) is 13.1. The molecule has 0 fully saturated rings. The van der Waals surface area contributed by atoms with Crippen LogP contribution in [0, 0.1) is 0 Å². The second kappa shape index (κ2) is 7.47. The predicted molar refractivity (Wildman–Crippen MR) is 86.0 cm³/mol. The van der Waals surface area contributed by atoms with Crippen LogP contribution in [-0.2, 0) is 16.6 Å². The third-order valence-electron chi connectivity index (χ3n) is 3.59. The van der Waals surface area contributed by atoms with E-state index >= 15 is 0 Å². The average Bonchev–Trinajstić information content (AvgIpc) is 2.36. The van der Waals surface area contributed by atoms with Gasteiger partial charge in [0.15, 0.2) is 0 Å². The van der Waals surface area contributed by atoms with E-state index in [9.17, 15) is 4.79 Å². The van der Waals surface area contributed by atoms with Gasteiger partial charge in [-0.1, -0.05) is 58.4 Å². The van der Waals surface area contributed by atoms with Gasteiger partial charge in [-0.15, -0.1) is 0 Å². The molecule has 1 amide bonds. The molecule has 112 valence electrons. The number of rotatable bonds is 6. The van der Waals surface area contributed by atoms with Crippen LogP contribution in [0.4, 0.5) is 0 Å². The maximum Gasteiger partial charge on any atom is 0.220 e. The van der Waals surface area contributed by atoms with Crippen molar-refractivity contribution in [1.82, 2.24) is 5.32 Å². The van der Waals surface area contributed by atoms with Gasteiger partial charge < -0.3 is 5.32 Å². The predicted octanol–water partition coefficient (Wildman–Crippen LogP) is 4.22. The van der Waals surface area contributed by atoms with Crippen molar-refractivity contribution in [2.24, 2.45) is 0 Å². The first-order valence-corrected chi connectivity index (χ1v) is 7.71. The van der Waals surface area contributed by atoms with E-state index in [0.717, 1.165) is 19.3 Å². The highest BCUT2D eigenvalue weighted by Gasteiger charge is 2.13. The molecule has 1 aromatic rings. The van der Waals surface area contributed by atoms with E-state index in [1.165, 1.54) is 11.1 Å². The number of nitrogens with one attached hydrogen (secondary N) is 1. The van der Waals surface area contributed by atoms with Crippen molar-refractivity contribution in [2.45, 2.75) is 71.8 Å². The van der Waals surface area contributed by atoms with Crippen LogP contribution in [0.2, 0.25) is 0 Å². The summed E-state index contributed by atoms with van der Waals surface area (Å²) < 4.78 is 0. The fourth-order valence-corrected chi connectivity index (χ4v) is 2.28. The highest BCUT2D eigenvalue weighted by molar-refractivity contribution is 5.76. The summed E-state index contributed by atoms with van der Waals surface area (Å²) in [6.45, 7) is 10.8. The van der Waals surface area contributed by atoms with Crippen LogP contribution >= 0.6 is 0 Å². The second-order valence-corrected chi connectivity index (χ2v) is 6.70. The zero-order valence-electron chi connectivity index (χ0n) is 13.6. The molecule has 0 aromatic heterocycles. The first kappa shape index (κ1) is 16.7. The summed E-state index contributed by atoms with van der Waals surface area (Å²) in [6.07, 6.45) is 3.54. The summed E-state index contributed by atoms with van der Waals surface area (Å²) in [5.74, 6) is 0.158. The summed E-state index contributed by atoms with van der Waals surface area (Å²) in [4.78, 5) is 11.8. The molecule has 0 spiro atoms. The molecule has 1 atom stereocenters. The number of carbonyl (C=O) groups is 1. The molecule has 0 unspecified atom stereocenters. The standard InChI is InChI=1S/C18H29NO/c1-6-7-14(2)19-17(20)13-10-15-8-11-16(12-9-15)18(3,4)5/h8-9,11-12,14H,6-7,10,13H2,1-5H3,(H,19,20)/t14-/m1/s1. The Morgan fingerprint density at radius 2 is 1.80 bits per heavy atom. The maximum atomic E-state index is 11.8. The molecule has 0 aliphatic rings. The lowest BCUT2D eigenvalue weighted by Crippen LogP contribution is -2.32. The molecule has 1 rings (SSSR count). The minimum atomic E-state index is 0.158. The summed E-state index contributed by atoms with van der Waals surface area (Å²) in [5.41, 5.74) is 2.75. The lowest BCUT2D eigenvalue weighted by molar-refractivity contribution is -0.121. The number of aryl methyl sites for hydroxylation is 1. The maximum absolute atomic E-state index is 11.8. The summed E-state index contributed by atoms with van der Waals surface area (Å²) >= 11 is 0. The van der Waals surface area contributed by atoms with Gasteiger partial charge in [-0.25, -0.2) is 0 Å². The Bertz CT molecular complexity index is 414. The smallest absolute Gasteiger partial charge is 0.220 e. The van der Waals surface area contributed by atoms with Gasteiger partial charge in [0.25, 0.3) is 0 Å². The van der Waals surface area contributed by atoms with Crippen LogP contribution in [0.5, 0.6) is 0 Å². The van der Waals surface area contributed by atoms with Crippen LogP contribution in [0.15, 0.2) is 24.3 Å². The third kappa shape index (κ3) is 5.77. The molecule has 0 aliphatic carbocycles. The van der Waals surface area contributed by atoms with Crippen molar-refractivity contribution in [3.05, 3.63) is 35.4 Å². The van der Waals surface area contributed by atoms with E-state index in [1.54, 1.807) is 0 Å². The molecule has 1 aromatic carbocycles. The lowest BCUT2D eigenvalue weighted by atomic mass is 9.86. The van der Waals surface area contributed by atoms with Gasteiger partial charge in [0.05, 0.1) is 0 Å². The van der Waals surface area contributed by atoms with Gasteiger partial charge in [-0.2, -0.15) is 0 Å². The fourth-order valence-electron chi connectivity index (χ4n) is 2.28. The Morgan fingerprint density at radius 3 is 2.30 bits per heavy atom. The quantitative estimate of drug-likeness (QED) is 0.827. The van der Waals surface area contributed by atoms with Crippen LogP contribution in [0.25, 0.3) is 0 Å². The zero-order chi connectivity index (χ0) is 15.2. The second-order valence-electron chi connectivity index (χ2n) is 6.70. The minimum Gasteiger partial charge on any atom is -0.354 e. The van der Waals surface area contributed by atoms with E-state index in [1.807, 2.05) is 0 Å². The Hall–Kier alpha value is -1.31. The molecule has 0 radical (unpaired) electrons. The first-order chi connectivity index (χ1) is 9.32. The summed E-state index contributed by atoms with van der Waals surface area (Å²) in [5, 5.41) is 3.05. The van der Waals surface area contributed by atoms with E-state index in [2.05, 4.69) is 64.2 Å². The topological polar surface area (TPSA) is 29.1 Å². The van der Waals surface area contributed by atoms with Gasteiger partial charge in [0, 0.05) is 12.5 Å². The average molecular weight is 275 g/mol.